The quantitative estimate of drug-likeness (QED) is 0.897. The van der Waals surface area contributed by atoms with Gasteiger partial charge in [0.2, 0.25) is 0 Å². The molecule has 4 heteroatoms. The van der Waals surface area contributed by atoms with Crippen molar-refractivity contribution < 1.29 is 14.4 Å². The van der Waals surface area contributed by atoms with Crippen molar-refractivity contribution in [1.29, 1.82) is 0 Å². The van der Waals surface area contributed by atoms with E-state index in [4.69, 9.17) is 9.63 Å². The molecule has 0 amide bonds. The Morgan fingerprint density at radius 2 is 2.00 bits per heavy atom. The van der Waals surface area contributed by atoms with Crippen LogP contribution in [0, 0.1) is 6.92 Å². The Morgan fingerprint density at radius 3 is 2.68 bits per heavy atom. The number of carboxylic acid groups (broad SMARTS) is 1. The average molecular weight is 257 g/mol. The third-order valence-corrected chi connectivity index (χ3v) is 3.74. The van der Waals surface area contributed by atoms with E-state index in [0.29, 0.717) is 11.3 Å². The minimum Gasteiger partial charge on any atom is -0.476 e. The Morgan fingerprint density at radius 1 is 1.26 bits per heavy atom. The van der Waals surface area contributed by atoms with Gasteiger partial charge in [-0.25, -0.2) is 4.79 Å². The van der Waals surface area contributed by atoms with Crippen molar-refractivity contribution in [2.75, 3.05) is 0 Å². The van der Waals surface area contributed by atoms with Crippen LogP contribution in [0.1, 0.15) is 40.0 Å². The second-order valence-electron chi connectivity index (χ2n) is 4.98. The fourth-order valence-corrected chi connectivity index (χ4v) is 2.68. The van der Waals surface area contributed by atoms with E-state index in [1.54, 1.807) is 6.92 Å². The molecular weight excluding hydrogens is 242 g/mol. The van der Waals surface area contributed by atoms with Gasteiger partial charge in [0.1, 0.15) is 0 Å². The zero-order valence-corrected chi connectivity index (χ0v) is 10.8. The molecule has 1 aliphatic rings. The maximum Gasteiger partial charge on any atom is 0.358 e. The van der Waals surface area contributed by atoms with Gasteiger partial charge < -0.3 is 9.63 Å². The monoisotopic (exact) mass is 257 g/mol. The first-order valence-electron chi connectivity index (χ1n) is 6.48. The van der Waals surface area contributed by atoms with Crippen LogP contribution in [0.5, 0.6) is 0 Å². The lowest BCUT2D eigenvalue weighted by atomic mass is 9.89. The third kappa shape index (κ3) is 2.03. The zero-order valence-electron chi connectivity index (χ0n) is 10.8. The van der Waals surface area contributed by atoms with E-state index in [1.807, 2.05) is 6.07 Å². The normalized spacial score (nSPS) is 14.2. The predicted octanol–water partition coefficient (Wildman–Crippen LogP) is 3.23. The van der Waals surface area contributed by atoms with E-state index in [0.717, 1.165) is 18.4 Å². The van der Waals surface area contributed by atoms with Gasteiger partial charge in [0.15, 0.2) is 11.5 Å². The zero-order chi connectivity index (χ0) is 13.4. The van der Waals surface area contributed by atoms with Crippen LogP contribution in [0.4, 0.5) is 0 Å². The second-order valence-corrected chi connectivity index (χ2v) is 4.98. The highest BCUT2D eigenvalue weighted by Gasteiger charge is 2.20. The van der Waals surface area contributed by atoms with Gasteiger partial charge in [-0.05, 0) is 49.8 Å². The van der Waals surface area contributed by atoms with Gasteiger partial charge in [-0.3, -0.25) is 0 Å². The van der Waals surface area contributed by atoms with Crippen molar-refractivity contribution in [3.05, 3.63) is 40.6 Å². The molecular formula is C15H15NO3. The number of carboxylic acids is 1. The molecule has 1 aromatic heterocycles. The van der Waals surface area contributed by atoms with Crippen molar-refractivity contribution in [1.82, 2.24) is 5.16 Å². The lowest BCUT2D eigenvalue weighted by molar-refractivity contribution is 0.0685. The molecule has 0 spiro atoms. The molecule has 0 saturated heterocycles. The van der Waals surface area contributed by atoms with Crippen LogP contribution in [0.2, 0.25) is 0 Å². The molecule has 1 heterocycles. The summed E-state index contributed by atoms with van der Waals surface area (Å²) in [5.74, 6) is -0.490. The highest BCUT2D eigenvalue weighted by Crippen LogP contribution is 2.30. The molecule has 1 aromatic carbocycles. The number of nitrogens with zero attached hydrogens (tertiary/aromatic N) is 1. The molecule has 3 rings (SSSR count). The molecule has 19 heavy (non-hydrogen) atoms. The number of hydrogen-bond acceptors (Lipinski definition) is 3. The predicted molar refractivity (Wildman–Crippen MR) is 70.3 cm³/mol. The summed E-state index contributed by atoms with van der Waals surface area (Å²) in [4.78, 5) is 11.0. The van der Waals surface area contributed by atoms with Crippen molar-refractivity contribution in [2.24, 2.45) is 0 Å². The minimum atomic E-state index is -1.05. The number of hydrogen-bond donors (Lipinski definition) is 1. The maximum atomic E-state index is 11.0. The molecule has 0 saturated carbocycles. The van der Waals surface area contributed by atoms with Gasteiger partial charge in [-0.15, -0.1) is 0 Å². The summed E-state index contributed by atoms with van der Waals surface area (Å²) in [5, 5.41) is 12.6. The van der Waals surface area contributed by atoms with E-state index >= 15 is 0 Å². The third-order valence-electron chi connectivity index (χ3n) is 3.74. The largest absolute Gasteiger partial charge is 0.476 e. The number of benzene rings is 1. The fourth-order valence-electron chi connectivity index (χ4n) is 2.68. The number of rotatable bonds is 2. The van der Waals surface area contributed by atoms with Gasteiger partial charge >= 0.3 is 5.97 Å². The lowest BCUT2D eigenvalue weighted by Crippen LogP contribution is -2.02. The van der Waals surface area contributed by atoms with Crippen molar-refractivity contribution in [3.63, 3.8) is 0 Å². The van der Waals surface area contributed by atoms with Crippen molar-refractivity contribution in [3.8, 4) is 11.3 Å². The van der Waals surface area contributed by atoms with Crippen LogP contribution >= 0.6 is 0 Å². The molecule has 4 nitrogen and oxygen atoms in total. The smallest absolute Gasteiger partial charge is 0.358 e. The molecule has 2 aromatic rings. The second kappa shape index (κ2) is 4.53. The molecule has 98 valence electrons. The van der Waals surface area contributed by atoms with E-state index in [9.17, 15) is 4.79 Å². The number of aryl methyl sites for hydroxylation is 2. The lowest BCUT2D eigenvalue weighted by Gasteiger charge is -2.15. The first-order chi connectivity index (χ1) is 9.16. The summed E-state index contributed by atoms with van der Waals surface area (Å²) >= 11 is 0. The van der Waals surface area contributed by atoms with E-state index in [-0.39, 0.29) is 5.69 Å². The van der Waals surface area contributed by atoms with E-state index < -0.39 is 5.97 Å². The Labute approximate surface area is 111 Å². The van der Waals surface area contributed by atoms with Crippen LogP contribution < -0.4 is 0 Å². The van der Waals surface area contributed by atoms with Gasteiger partial charge in [-0.2, -0.15) is 0 Å². The van der Waals surface area contributed by atoms with Gasteiger partial charge in [0.25, 0.3) is 0 Å². The fraction of sp³-hybridized carbons (Fsp3) is 0.333. The van der Waals surface area contributed by atoms with Crippen LogP contribution in [-0.2, 0) is 12.8 Å². The van der Waals surface area contributed by atoms with Crippen LogP contribution in [0.3, 0.4) is 0 Å². The summed E-state index contributed by atoms with van der Waals surface area (Å²) < 4.78 is 5.20. The molecule has 0 unspecified atom stereocenters. The first-order valence-corrected chi connectivity index (χ1v) is 6.48. The molecule has 0 radical (unpaired) electrons. The molecule has 0 bridgehead atoms. The Kier molecular flexibility index (Phi) is 2.85. The van der Waals surface area contributed by atoms with Crippen molar-refractivity contribution in [2.45, 2.75) is 32.6 Å². The summed E-state index contributed by atoms with van der Waals surface area (Å²) in [5.41, 5.74) is 4.23. The van der Waals surface area contributed by atoms with Gasteiger partial charge in [0, 0.05) is 11.1 Å². The average Bonchev–Trinajstić information content (AvgIpc) is 2.80. The number of aromatic carboxylic acids is 1. The SMILES string of the molecule is Cc1c(C(=O)O)noc1-c1ccc2c(c1)CCCC2. The summed E-state index contributed by atoms with van der Waals surface area (Å²) in [6, 6.07) is 6.21. The summed E-state index contributed by atoms with van der Waals surface area (Å²) in [6.45, 7) is 1.73. The first kappa shape index (κ1) is 12.0. The Bertz CT molecular complexity index is 643. The van der Waals surface area contributed by atoms with Gasteiger partial charge in [-0.1, -0.05) is 17.3 Å². The summed E-state index contributed by atoms with van der Waals surface area (Å²) in [6.07, 6.45) is 4.68. The van der Waals surface area contributed by atoms with Crippen molar-refractivity contribution >= 4 is 5.97 Å². The highest BCUT2D eigenvalue weighted by molar-refractivity contribution is 5.88. The molecule has 0 atom stereocenters. The topological polar surface area (TPSA) is 63.3 Å². The standard InChI is InChI=1S/C15H15NO3/c1-9-13(15(17)18)16-19-14(9)12-7-6-10-4-2-3-5-11(10)8-12/h6-8H,2-5H2,1H3,(H,17,18). The van der Waals surface area contributed by atoms with E-state index in [1.165, 1.54) is 24.0 Å². The maximum absolute atomic E-state index is 11.0. The molecule has 1 N–H and O–H groups in total. The van der Waals surface area contributed by atoms with E-state index in [2.05, 4.69) is 17.3 Å². The minimum absolute atomic E-state index is 0.00674. The Balaban J connectivity index is 2.05. The van der Waals surface area contributed by atoms with Crippen LogP contribution in [0.25, 0.3) is 11.3 Å². The molecule has 0 aliphatic heterocycles. The van der Waals surface area contributed by atoms with Gasteiger partial charge in [0.05, 0.1) is 0 Å². The number of aromatic nitrogens is 1. The molecule has 1 aliphatic carbocycles. The van der Waals surface area contributed by atoms with Crippen LogP contribution in [-0.4, -0.2) is 16.2 Å². The Hall–Kier alpha value is -2.10. The summed E-state index contributed by atoms with van der Waals surface area (Å²) in [7, 11) is 0. The number of fused-ring (bicyclic) bond motifs is 1. The number of carbonyl (C=O) groups is 1. The van der Waals surface area contributed by atoms with Crippen LogP contribution in [0.15, 0.2) is 22.7 Å². The highest BCUT2D eigenvalue weighted by atomic mass is 16.5. The molecule has 0 fully saturated rings.